The first-order valence-electron chi connectivity index (χ1n) is 12.3. The molecule has 1 fully saturated rings. The molecule has 1 aliphatic rings. The zero-order valence-electron chi connectivity index (χ0n) is 21.0. The van der Waals surface area contributed by atoms with E-state index in [0.29, 0.717) is 24.6 Å². The summed E-state index contributed by atoms with van der Waals surface area (Å²) >= 11 is 0. The summed E-state index contributed by atoms with van der Waals surface area (Å²) in [6.07, 6.45) is 2.76. The molecule has 5 rings (SSSR count). The van der Waals surface area contributed by atoms with Gasteiger partial charge < -0.3 is 4.90 Å². The summed E-state index contributed by atoms with van der Waals surface area (Å²) in [5, 5.41) is 9.87. The van der Waals surface area contributed by atoms with Gasteiger partial charge in [-0.15, -0.1) is 0 Å². The van der Waals surface area contributed by atoms with Crippen molar-refractivity contribution in [1.29, 1.82) is 5.26 Å². The standard InChI is InChI=1S/C29H27N5O3S/c1-22-10-12-24(13-11-22)38(36,37)25(20-30)19-26-28(31-27-9-5-6-14-34(27)29(26)35)33-17-15-32(16-18-33)21-23-7-3-2-4-8-23/h2-14,19H,15-18,21H2,1H3/b25-19+. The van der Waals surface area contributed by atoms with Crippen molar-refractivity contribution in [1.82, 2.24) is 14.3 Å². The Bertz CT molecular complexity index is 1700. The van der Waals surface area contributed by atoms with E-state index < -0.39 is 20.3 Å². The molecule has 0 unspecified atom stereocenters. The Labute approximate surface area is 221 Å². The fourth-order valence-corrected chi connectivity index (χ4v) is 5.70. The second-order valence-corrected chi connectivity index (χ2v) is 11.2. The Morgan fingerprint density at radius 1 is 0.974 bits per heavy atom. The highest BCUT2D eigenvalue weighted by Gasteiger charge is 2.26. The van der Waals surface area contributed by atoms with E-state index in [-0.39, 0.29) is 10.5 Å². The molecule has 0 atom stereocenters. The number of aromatic nitrogens is 2. The van der Waals surface area contributed by atoms with Crippen molar-refractivity contribution in [3.8, 4) is 6.07 Å². The van der Waals surface area contributed by atoms with Crippen molar-refractivity contribution in [3.05, 3.63) is 111 Å². The van der Waals surface area contributed by atoms with Crippen LogP contribution in [-0.2, 0) is 16.4 Å². The van der Waals surface area contributed by atoms with Gasteiger partial charge in [0.1, 0.15) is 22.4 Å². The van der Waals surface area contributed by atoms with Crippen LogP contribution in [0.15, 0.2) is 93.6 Å². The molecule has 0 saturated carbocycles. The van der Waals surface area contributed by atoms with Crippen molar-refractivity contribution in [2.45, 2.75) is 18.4 Å². The minimum Gasteiger partial charge on any atom is -0.353 e. The van der Waals surface area contributed by atoms with Crippen molar-refractivity contribution >= 4 is 27.4 Å². The normalized spacial score (nSPS) is 14.9. The van der Waals surface area contributed by atoms with Gasteiger partial charge in [-0.05, 0) is 42.8 Å². The van der Waals surface area contributed by atoms with Gasteiger partial charge in [0.25, 0.3) is 5.56 Å². The van der Waals surface area contributed by atoms with Gasteiger partial charge in [0.15, 0.2) is 0 Å². The Kier molecular flexibility index (Phi) is 7.09. The molecule has 2 aromatic heterocycles. The van der Waals surface area contributed by atoms with Crippen LogP contribution in [0.4, 0.5) is 5.82 Å². The van der Waals surface area contributed by atoms with Gasteiger partial charge >= 0.3 is 0 Å². The number of nitriles is 1. The number of sulfone groups is 1. The molecule has 1 aliphatic heterocycles. The lowest BCUT2D eigenvalue weighted by atomic mass is 10.2. The number of rotatable bonds is 6. The van der Waals surface area contributed by atoms with Gasteiger partial charge in [-0.3, -0.25) is 14.1 Å². The van der Waals surface area contributed by atoms with E-state index in [1.54, 1.807) is 36.5 Å². The summed E-state index contributed by atoms with van der Waals surface area (Å²) in [6.45, 7) is 5.39. The number of hydrogen-bond donors (Lipinski definition) is 0. The highest BCUT2D eigenvalue weighted by Crippen LogP contribution is 2.25. The number of benzene rings is 2. The molecule has 8 nitrogen and oxygen atoms in total. The Morgan fingerprint density at radius 2 is 1.66 bits per heavy atom. The first-order valence-corrected chi connectivity index (χ1v) is 13.8. The molecule has 0 aliphatic carbocycles. The van der Waals surface area contributed by atoms with Crippen LogP contribution in [0.25, 0.3) is 11.7 Å². The van der Waals surface area contributed by atoms with Crippen molar-refractivity contribution in [2.24, 2.45) is 0 Å². The molecule has 1 saturated heterocycles. The third-order valence-electron chi connectivity index (χ3n) is 6.68. The Morgan fingerprint density at radius 3 is 2.34 bits per heavy atom. The minimum absolute atomic E-state index is 0.000765. The number of fused-ring (bicyclic) bond motifs is 1. The summed E-state index contributed by atoms with van der Waals surface area (Å²) in [6, 6.07) is 23.6. The largest absolute Gasteiger partial charge is 0.353 e. The molecular formula is C29H27N5O3S. The molecule has 2 aromatic carbocycles. The molecule has 0 bridgehead atoms. The first-order chi connectivity index (χ1) is 18.4. The van der Waals surface area contributed by atoms with E-state index >= 15 is 0 Å². The highest BCUT2D eigenvalue weighted by molar-refractivity contribution is 7.95. The fourth-order valence-electron chi connectivity index (χ4n) is 4.56. The molecule has 0 amide bonds. The van der Waals surface area contributed by atoms with Crippen LogP contribution in [0.1, 0.15) is 16.7 Å². The lowest BCUT2D eigenvalue weighted by molar-refractivity contribution is 0.249. The van der Waals surface area contributed by atoms with Crippen LogP contribution in [0.2, 0.25) is 0 Å². The maximum absolute atomic E-state index is 13.6. The van der Waals surface area contributed by atoms with Crippen LogP contribution in [0.3, 0.4) is 0 Å². The third-order valence-corrected chi connectivity index (χ3v) is 8.36. The summed E-state index contributed by atoms with van der Waals surface area (Å²) in [5.41, 5.74) is 2.24. The van der Waals surface area contributed by atoms with Crippen molar-refractivity contribution in [3.63, 3.8) is 0 Å². The molecule has 0 radical (unpaired) electrons. The molecule has 9 heteroatoms. The summed E-state index contributed by atoms with van der Waals surface area (Å²) < 4.78 is 28.0. The van der Waals surface area contributed by atoms with Gasteiger partial charge in [0, 0.05) is 38.9 Å². The van der Waals surface area contributed by atoms with Crippen molar-refractivity contribution in [2.75, 3.05) is 31.1 Å². The predicted octanol–water partition coefficient (Wildman–Crippen LogP) is 3.66. The summed E-state index contributed by atoms with van der Waals surface area (Å²) in [5.74, 6) is 0.382. The second-order valence-electron chi connectivity index (χ2n) is 9.27. The van der Waals surface area contributed by atoms with Gasteiger partial charge in [0.2, 0.25) is 9.84 Å². The smallest absolute Gasteiger partial charge is 0.267 e. The van der Waals surface area contributed by atoms with E-state index in [4.69, 9.17) is 4.98 Å². The highest BCUT2D eigenvalue weighted by atomic mass is 32.2. The molecule has 192 valence electrons. The number of nitrogens with zero attached hydrogens (tertiary/aromatic N) is 5. The van der Waals surface area contributed by atoms with E-state index in [1.165, 1.54) is 28.2 Å². The van der Waals surface area contributed by atoms with Gasteiger partial charge in [-0.2, -0.15) is 5.26 Å². The Hall–Kier alpha value is -4.26. The summed E-state index contributed by atoms with van der Waals surface area (Å²) in [4.78, 5) is 22.2. The lowest BCUT2D eigenvalue weighted by Crippen LogP contribution is -2.47. The fraction of sp³-hybridized carbons (Fsp3) is 0.207. The quantitative estimate of drug-likeness (QED) is 0.354. The number of aryl methyl sites for hydroxylation is 1. The number of hydrogen-bond acceptors (Lipinski definition) is 7. The van der Waals surface area contributed by atoms with Gasteiger partial charge in [-0.1, -0.05) is 54.1 Å². The molecule has 3 heterocycles. The average Bonchev–Trinajstić information content (AvgIpc) is 2.94. The number of allylic oxidation sites excluding steroid dienone is 1. The molecule has 0 N–H and O–H groups in total. The van der Waals surface area contributed by atoms with E-state index in [1.807, 2.05) is 36.1 Å². The number of anilines is 1. The second kappa shape index (κ2) is 10.6. The third kappa shape index (κ3) is 5.09. The van der Waals surface area contributed by atoms with Crippen LogP contribution >= 0.6 is 0 Å². The molecule has 4 aromatic rings. The first kappa shape index (κ1) is 25.4. The maximum atomic E-state index is 13.6. The Balaban J connectivity index is 1.53. The maximum Gasteiger partial charge on any atom is 0.267 e. The topological polar surface area (TPSA) is 98.8 Å². The summed E-state index contributed by atoms with van der Waals surface area (Å²) in [7, 11) is -4.13. The van der Waals surface area contributed by atoms with Crippen LogP contribution < -0.4 is 10.5 Å². The number of piperazine rings is 1. The van der Waals surface area contributed by atoms with E-state index in [2.05, 4.69) is 17.0 Å². The average molecular weight is 526 g/mol. The zero-order chi connectivity index (χ0) is 26.7. The van der Waals surface area contributed by atoms with Crippen LogP contribution in [0.5, 0.6) is 0 Å². The SMILES string of the molecule is Cc1ccc(S(=O)(=O)/C(C#N)=C/c2c(N3CCN(Cc4ccccc4)CC3)nc3ccccn3c2=O)cc1. The van der Waals surface area contributed by atoms with Gasteiger partial charge in [-0.25, -0.2) is 13.4 Å². The molecule has 0 spiro atoms. The number of pyridine rings is 1. The molecule has 38 heavy (non-hydrogen) atoms. The molecular weight excluding hydrogens is 498 g/mol. The lowest BCUT2D eigenvalue weighted by Gasteiger charge is -2.36. The minimum atomic E-state index is -4.13. The van der Waals surface area contributed by atoms with Crippen molar-refractivity contribution < 1.29 is 8.42 Å². The van der Waals surface area contributed by atoms with E-state index in [9.17, 15) is 18.5 Å². The van der Waals surface area contributed by atoms with Crippen LogP contribution in [0, 0.1) is 18.3 Å². The van der Waals surface area contributed by atoms with E-state index in [0.717, 1.165) is 25.2 Å². The predicted molar refractivity (Wildman–Crippen MR) is 147 cm³/mol. The van der Waals surface area contributed by atoms with Crippen LogP contribution in [-0.4, -0.2) is 48.9 Å². The zero-order valence-corrected chi connectivity index (χ0v) is 21.8. The van der Waals surface area contributed by atoms with Gasteiger partial charge in [0.05, 0.1) is 10.5 Å². The monoisotopic (exact) mass is 525 g/mol.